The summed E-state index contributed by atoms with van der Waals surface area (Å²) in [6.07, 6.45) is 2.27. The number of amides is 1. The molecule has 0 atom stereocenters. The summed E-state index contributed by atoms with van der Waals surface area (Å²) < 4.78 is 0. The molecule has 0 unspecified atom stereocenters. The molecule has 0 spiro atoms. The van der Waals surface area contributed by atoms with Crippen LogP contribution in [-0.2, 0) is 6.54 Å². The van der Waals surface area contributed by atoms with Gasteiger partial charge in [-0.25, -0.2) is 0 Å². The second-order valence-corrected chi connectivity index (χ2v) is 6.54. The van der Waals surface area contributed by atoms with E-state index in [0.29, 0.717) is 17.2 Å². The highest BCUT2D eigenvalue weighted by Crippen LogP contribution is 2.18. The SMILES string of the molecule is Nc1ccc(C(=O)NCC2CCN(Cc3ccccc3)CC2)cc1. The molecule has 1 saturated heterocycles. The number of piperidine rings is 1. The Morgan fingerprint density at radius 2 is 1.71 bits per heavy atom. The first-order valence-corrected chi connectivity index (χ1v) is 8.61. The molecule has 2 aromatic carbocycles. The molecule has 2 aromatic rings. The average molecular weight is 323 g/mol. The maximum absolute atomic E-state index is 12.1. The monoisotopic (exact) mass is 323 g/mol. The Kier molecular flexibility index (Phi) is 5.49. The first-order valence-electron chi connectivity index (χ1n) is 8.61. The van der Waals surface area contributed by atoms with Crippen LogP contribution in [0, 0.1) is 5.92 Å². The van der Waals surface area contributed by atoms with Crippen molar-refractivity contribution >= 4 is 11.6 Å². The van der Waals surface area contributed by atoms with Crippen LogP contribution in [0.15, 0.2) is 54.6 Å². The van der Waals surface area contributed by atoms with Crippen molar-refractivity contribution in [3.05, 3.63) is 65.7 Å². The van der Waals surface area contributed by atoms with Gasteiger partial charge < -0.3 is 11.1 Å². The molecule has 3 rings (SSSR count). The van der Waals surface area contributed by atoms with Crippen LogP contribution in [0.1, 0.15) is 28.8 Å². The van der Waals surface area contributed by atoms with E-state index in [1.807, 2.05) is 0 Å². The van der Waals surface area contributed by atoms with Crippen LogP contribution in [0.25, 0.3) is 0 Å². The van der Waals surface area contributed by atoms with Crippen molar-refractivity contribution in [3.8, 4) is 0 Å². The van der Waals surface area contributed by atoms with Gasteiger partial charge >= 0.3 is 0 Å². The first kappa shape index (κ1) is 16.5. The summed E-state index contributed by atoms with van der Waals surface area (Å²) in [7, 11) is 0. The quantitative estimate of drug-likeness (QED) is 0.832. The van der Waals surface area contributed by atoms with Gasteiger partial charge in [-0.15, -0.1) is 0 Å². The summed E-state index contributed by atoms with van der Waals surface area (Å²) in [5.74, 6) is 0.552. The minimum atomic E-state index is -0.0123. The number of benzene rings is 2. The highest BCUT2D eigenvalue weighted by atomic mass is 16.1. The Morgan fingerprint density at radius 1 is 1.04 bits per heavy atom. The molecular weight excluding hydrogens is 298 g/mol. The molecule has 0 aliphatic carbocycles. The van der Waals surface area contributed by atoms with E-state index >= 15 is 0 Å². The predicted molar refractivity (Wildman–Crippen MR) is 97.6 cm³/mol. The molecule has 4 nitrogen and oxygen atoms in total. The van der Waals surface area contributed by atoms with Crippen molar-refractivity contribution in [2.45, 2.75) is 19.4 Å². The van der Waals surface area contributed by atoms with Crippen LogP contribution in [0.5, 0.6) is 0 Å². The van der Waals surface area contributed by atoms with Gasteiger partial charge in [0, 0.05) is 24.3 Å². The number of carbonyl (C=O) groups excluding carboxylic acids is 1. The maximum atomic E-state index is 12.1. The molecule has 0 saturated carbocycles. The molecule has 0 radical (unpaired) electrons. The van der Waals surface area contributed by atoms with Crippen molar-refractivity contribution in [3.63, 3.8) is 0 Å². The number of nitrogen functional groups attached to an aromatic ring is 1. The van der Waals surface area contributed by atoms with Crippen LogP contribution in [0.4, 0.5) is 5.69 Å². The highest BCUT2D eigenvalue weighted by Gasteiger charge is 2.19. The van der Waals surface area contributed by atoms with Gasteiger partial charge in [-0.05, 0) is 61.7 Å². The minimum absolute atomic E-state index is 0.0123. The third-order valence-corrected chi connectivity index (χ3v) is 4.68. The number of hydrogen-bond acceptors (Lipinski definition) is 3. The van der Waals surface area contributed by atoms with Crippen molar-refractivity contribution in [1.29, 1.82) is 0 Å². The predicted octanol–water partition coefficient (Wildman–Crippen LogP) is 2.91. The van der Waals surface area contributed by atoms with Crippen LogP contribution in [-0.4, -0.2) is 30.4 Å². The van der Waals surface area contributed by atoms with Gasteiger partial charge in [0.15, 0.2) is 0 Å². The number of carbonyl (C=O) groups is 1. The summed E-state index contributed by atoms with van der Waals surface area (Å²) in [5.41, 5.74) is 8.37. The third-order valence-electron chi connectivity index (χ3n) is 4.68. The molecule has 24 heavy (non-hydrogen) atoms. The lowest BCUT2D eigenvalue weighted by Gasteiger charge is -2.32. The topological polar surface area (TPSA) is 58.4 Å². The van der Waals surface area contributed by atoms with E-state index in [-0.39, 0.29) is 5.91 Å². The molecule has 0 bridgehead atoms. The highest BCUT2D eigenvalue weighted by molar-refractivity contribution is 5.94. The van der Waals surface area contributed by atoms with Gasteiger partial charge in [0.1, 0.15) is 0 Å². The zero-order chi connectivity index (χ0) is 16.8. The maximum Gasteiger partial charge on any atom is 0.251 e. The smallest absolute Gasteiger partial charge is 0.251 e. The van der Waals surface area contributed by atoms with Crippen molar-refractivity contribution < 1.29 is 4.79 Å². The van der Waals surface area contributed by atoms with E-state index in [0.717, 1.165) is 39.0 Å². The van der Waals surface area contributed by atoms with Crippen molar-refractivity contribution in [2.24, 2.45) is 5.92 Å². The van der Waals surface area contributed by atoms with E-state index in [1.165, 1.54) is 5.56 Å². The molecule has 1 fully saturated rings. The minimum Gasteiger partial charge on any atom is -0.399 e. The summed E-state index contributed by atoms with van der Waals surface area (Å²) >= 11 is 0. The number of nitrogens with zero attached hydrogens (tertiary/aromatic N) is 1. The Balaban J connectivity index is 1.41. The Bertz CT molecular complexity index is 646. The number of hydrogen-bond donors (Lipinski definition) is 2. The van der Waals surface area contributed by atoms with E-state index < -0.39 is 0 Å². The van der Waals surface area contributed by atoms with Crippen LogP contribution in [0.2, 0.25) is 0 Å². The molecular formula is C20H25N3O. The standard InChI is InChI=1S/C20H25N3O/c21-19-8-6-18(7-9-19)20(24)22-14-16-10-12-23(13-11-16)15-17-4-2-1-3-5-17/h1-9,16H,10-15,21H2,(H,22,24). The fraction of sp³-hybridized carbons (Fsp3) is 0.350. The first-order chi connectivity index (χ1) is 11.7. The second-order valence-electron chi connectivity index (χ2n) is 6.54. The van der Waals surface area contributed by atoms with E-state index in [4.69, 9.17) is 5.73 Å². The molecule has 1 aliphatic rings. The molecule has 3 N–H and O–H groups in total. The summed E-state index contributed by atoms with van der Waals surface area (Å²) in [6, 6.07) is 17.7. The molecule has 1 amide bonds. The molecule has 4 heteroatoms. The van der Waals surface area contributed by atoms with Crippen LogP contribution in [0.3, 0.4) is 0 Å². The summed E-state index contributed by atoms with van der Waals surface area (Å²) in [4.78, 5) is 14.6. The van der Waals surface area contributed by atoms with Crippen molar-refractivity contribution in [2.75, 3.05) is 25.4 Å². The Hall–Kier alpha value is -2.33. The Morgan fingerprint density at radius 3 is 2.38 bits per heavy atom. The molecule has 0 aromatic heterocycles. The van der Waals surface area contributed by atoms with Gasteiger partial charge in [-0.2, -0.15) is 0 Å². The van der Waals surface area contributed by atoms with Gasteiger partial charge in [-0.3, -0.25) is 9.69 Å². The van der Waals surface area contributed by atoms with E-state index in [1.54, 1.807) is 24.3 Å². The van der Waals surface area contributed by atoms with Gasteiger partial charge in [0.25, 0.3) is 5.91 Å². The number of rotatable bonds is 5. The van der Waals surface area contributed by atoms with Crippen LogP contribution >= 0.6 is 0 Å². The Labute approximate surface area is 143 Å². The zero-order valence-electron chi connectivity index (χ0n) is 13.9. The third kappa shape index (κ3) is 4.59. The largest absolute Gasteiger partial charge is 0.399 e. The zero-order valence-corrected chi connectivity index (χ0v) is 13.9. The fourth-order valence-electron chi connectivity index (χ4n) is 3.16. The number of likely N-dealkylation sites (tertiary alicyclic amines) is 1. The van der Waals surface area contributed by atoms with Crippen molar-refractivity contribution in [1.82, 2.24) is 10.2 Å². The van der Waals surface area contributed by atoms with E-state index in [2.05, 4.69) is 40.5 Å². The fourth-order valence-corrected chi connectivity index (χ4v) is 3.16. The molecule has 126 valence electrons. The number of nitrogens with two attached hydrogens (primary N) is 1. The van der Waals surface area contributed by atoms with Gasteiger partial charge in [-0.1, -0.05) is 30.3 Å². The number of anilines is 1. The van der Waals surface area contributed by atoms with E-state index in [9.17, 15) is 4.79 Å². The average Bonchev–Trinajstić information content (AvgIpc) is 2.62. The summed E-state index contributed by atoms with van der Waals surface area (Å²) in [5, 5.41) is 3.05. The van der Waals surface area contributed by atoms with Gasteiger partial charge in [0.05, 0.1) is 0 Å². The summed E-state index contributed by atoms with van der Waals surface area (Å²) in [6.45, 7) is 3.96. The van der Waals surface area contributed by atoms with Crippen LogP contribution < -0.4 is 11.1 Å². The normalized spacial score (nSPS) is 16.0. The lowest BCUT2D eigenvalue weighted by Crippen LogP contribution is -2.38. The number of nitrogens with one attached hydrogen (secondary N) is 1. The lowest BCUT2D eigenvalue weighted by atomic mass is 9.96. The molecule has 1 heterocycles. The second kappa shape index (κ2) is 7.97. The lowest BCUT2D eigenvalue weighted by molar-refractivity contribution is 0.0935. The molecule has 1 aliphatic heterocycles. The van der Waals surface area contributed by atoms with Gasteiger partial charge in [0.2, 0.25) is 0 Å².